The molecule has 1 fully saturated rings. The lowest BCUT2D eigenvalue weighted by atomic mass is 9.98. The lowest BCUT2D eigenvalue weighted by Gasteiger charge is -2.23. The summed E-state index contributed by atoms with van der Waals surface area (Å²) in [5.41, 5.74) is -1.51. The lowest BCUT2D eigenvalue weighted by molar-refractivity contribution is 0.0165. The van der Waals surface area contributed by atoms with Crippen molar-refractivity contribution in [3.05, 3.63) is 91.8 Å². The number of rotatable bonds is 6. The van der Waals surface area contributed by atoms with Crippen molar-refractivity contribution >= 4 is 23.8 Å². The first-order valence-corrected chi connectivity index (χ1v) is 14.6. The highest BCUT2D eigenvalue weighted by Crippen LogP contribution is 2.40. The molecule has 238 valence electrons. The monoisotopic (exact) mass is 624 g/mol. The van der Waals surface area contributed by atoms with Crippen molar-refractivity contribution in [3.8, 4) is 5.69 Å². The molecule has 0 radical (unpaired) electrons. The highest BCUT2D eigenvalue weighted by molar-refractivity contribution is 6.03. The minimum Gasteiger partial charge on any atom is -0.462 e. The highest BCUT2D eigenvalue weighted by Gasteiger charge is 2.38. The quantitative estimate of drug-likeness (QED) is 0.354. The average Bonchev–Trinajstić information content (AvgIpc) is 3.56. The summed E-state index contributed by atoms with van der Waals surface area (Å²) in [5, 5.41) is 0. The molecule has 2 heterocycles. The van der Waals surface area contributed by atoms with Crippen LogP contribution in [0.1, 0.15) is 74.1 Å². The van der Waals surface area contributed by atoms with Crippen LogP contribution in [0.4, 0.5) is 24.1 Å². The number of esters is 1. The largest absolute Gasteiger partial charge is 0.462 e. The number of benzene rings is 2. The number of hydrogen-bond acceptors (Lipinski definition) is 7. The second-order valence-corrected chi connectivity index (χ2v) is 12.0. The Morgan fingerprint density at radius 1 is 0.956 bits per heavy atom. The topological polar surface area (TPSA) is 120 Å². The predicted molar refractivity (Wildman–Crippen MR) is 160 cm³/mol. The van der Waals surface area contributed by atoms with Crippen LogP contribution in [0.25, 0.3) is 5.69 Å². The Labute approximate surface area is 257 Å². The number of fused-ring (bicyclic) bond motifs is 1. The molecule has 0 N–H and O–H groups in total. The first-order chi connectivity index (χ1) is 21.1. The van der Waals surface area contributed by atoms with Crippen LogP contribution < -0.4 is 16.1 Å². The van der Waals surface area contributed by atoms with Gasteiger partial charge in [-0.15, -0.1) is 0 Å². The molecule has 0 saturated carbocycles. The van der Waals surface area contributed by atoms with Crippen molar-refractivity contribution in [1.29, 1.82) is 0 Å². The maximum Gasteiger partial charge on any atom is 0.418 e. The molecule has 13 heteroatoms. The third-order valence-corrected chi connectivity index (χ3v) is 7.70. The molecule has 2 aromatic carbocycles. The van der Waals surface area contributed by atoms with Crippen LogP contribution in [0.2, 0.25) is 0 Å². The SMILES string of the molecule is CCOC(=O)c1cn(-c2ccc(N3CCN(C(=O)OC(C)(C)C)C3=O)cc2)c(=O)n(C2CCc3c2cccc3C(C)(F)F)c1=O. The third-order valence-electron chi connectivity index (χ3n) is 7.70. The molecule has 2 aliphatic rings. The van der Waals surface area contributed by atoms with Gasteiger partial charge in [0.1, 0.15) is 11.2 Å². The number of imide groups is 1. The fraction of sp³-hybridized carbons (Fsp3) is 0.406. The van der Waals surface area contributed by atoms with E-state index in [2.05, 4.69) is 0 Å². The second-order valence-electron chi connectivity index (χ2n) is 12.0. The number of carbonyl (C=O) groups excluding carboxylic acids is 3. The zero-order valence-corrected chi connectivity index (χ0v) is 25.6. The Kier molecular flexibility index (Phi) is 8.15. The molecule has 1 aliphatic heterocycles. The maximum absolute atomic E-state index is 14.4. The van der Waals surface area contributed by atoms with Crippen LogP contribution in [0.15, 0.2) is 58.3 Å². The van der Waals surface area contributed by atoms with Crippen LogP contribution in [0.3, 0.4) is 0 Å². The molecule has 1 saturated heterocycles. The van der Waals surface area contributed by atoms with Gasteiger partial charge in [0.2, 0.25) is 0 Å². The Morgan fingerprint density at radius 3 is 2.24 bits per heavy atom. The summed E-state index contributed by atoms with van der Waals surface area (Å²) in [5.74, 6) is -4.06. The molecular weight excluding hydrogens is 590 g/mol. The van der Waals surface area contributed by atoms with Crippen molar-refractivity contribution in [2.45, 2.75) is 65.0 Å². The van der Waals surface area contributed by atoms with Gasteiger partial charge in [-0.25, -0.2) is 32.9 Å². The van der Waals surface area contributed by atoms with E-state index in [1.165, 1.54) is 29.2 Å². The van der Waals surface area contributed by atoms with Gasteiger partial charge in [0.15, 0.2) is 0 Å². The Hall–Kier alpha value is -4.81. The molecule has 0 bridgehead atoms. The van der Waals surface area contributed by atoms with Crippen LogP contribution in [0, 0.1) is 0 Å². The van der Waals surface area contributed by atoms with Gasteiger partial charge < -0.3 is 9.47 Å². The number of aromatic nitrogens is 2. The van der Waals surface area contributed by atoms with Gasteiger partial charge in [0.25, 0.3) is 11.5 Å². The zero-order chi connectivity index (χ0) is 32.8. The number of amides is 3. The van der Waals surface area contributed by atoms with E-state index in [-0.39, 0.29) is 43.8 Å². The average molecular weight is 625 g/mol. The Balaban J connectivity index is 1.54. The number of carbonyl (C=O) groups is 3. The molecule has 45 heavy (non-hydrogen) atoms. The van der Waals surface area contributed by atoms with E-state index in [0.29, 0.717) is 16.8 Å². The highest BCUT2D eigenvalue weighted by atomic mass is 19.3. The van der Waals surface area contributed by atoms with Crippen LogP contribution in [-0.4, -0.2) is 57.4 Å². The molecule has 1 atom stereocenters. The number of hydrogen-bond donors (Lipinski definition) is 0. The molecule has 11 nitrogen and oxygen atoms in total. The lowest BCUT2D eigenvalue weighted by Crippen LogP contribution is -2.44. The zero-order valence-electron chi connectivity index (χ0n) is 25.6. The fourth-order valence-corrected chi connectivity index (χ4v) is 5.75. The molecule has 1 unspecified atom stereocenters. The summed E-state index contributed by atoms with van der Waals surface area (Å²) in [6.45, 7) is 7.80. The van der Waals surface area contributed by atoms with Gasteiger partial charge in [-0.2, -0.15) is 0 Å². The van der Waals surface area contributed by atoms with Crippen molar-refractivity contribution in [2.75, 3.05) is 24.6 Å². The summed E-state index contributed by atoms with van der Waals surface area (Å²) in [4.78, 5) is 68.3. The van der Waals surface area contributed by atoms with Crippen molar-refractivity contribution in [3.63, 3.8) is 0 Å². The van der Waals surface area contributed by atoms with Gasteiger partial charge in [0.05, 0.1) is 24.9 Å². The van der Waals surface area contributed by atoms with Gasteiger partial charge in [-0.05, 0) is 75.9 Å². The Morgan fingerprint density at radius 2 is 1.62 bits per heavy atom. The molecular formula is C32H34F2N4O7. The normalized spacial score (nSPS) is 16.6. The molecule has 1 aromatic heterocycles. The second kappa shape index (κ2) is 11.6. The van der Waals surface area contributed by atoms with Gasteiger partial charge in [-0.1, -0.05) is 18.2 Å². The Bertz CT molecular complexity index is 1790. The van der Waals surface area contributed by atoms with E-state index in [9.17, 15) is 32.8 Å². The third kappa shape index (κ3) is 5.98. The van der Waals surface area contributed by atoms with Crippen LogP contribution in [0.5, 0.6) is 0 Å². The first-order valence-electron chi connectivity index (χ1n) is 14.6. The first kappa shape index (κ1) is 31.6. The van der Waals surface area contributed by atoms with Gasteiger partial charge in [-0.3, -0.25) is 18.8 Å². The summed E-state index contributed by atoms with van der Waals surface area (Å²) in [6, 6.07) is 9.15. The predicted octanol–water partition coefficient (Wildman–Crippen LogP) is 5.00. The number of urea groups is 1. The molecule has 3 aromatic rings. The summed E-state index contributed by atoms with van der Waals surface area (Å²) < 4.78 is 41.2. The molecule has 3 amide bonds. The van der Waals surface area contributed by atoms with Gasteiger partial charge in [0, 0.05) is 30.9 Å². The molecule has 1 aliphatic carbocycles. The van der Waals surface area contributed by atoms with E-state index in [0.717, 1.165) is 27.2 Å². The number of nitrogens with zero attached hydrogens (tertiary/aromatic N) is 4. The van der Waals surface area contributed by atoms with E-state index < -0.39 is 52.5 Å². The van der Waals surface area contributed by atoms with Crippen LogP contribution >= 0.6 is 0 Å². The standard InChI is InChI=1S/C32H34F2N4O7/c1-6-44-27(40)23-18-37(20-12-10-19(11-13-20)35-16-17-36(28(35)41)30(43)45-31(2,3)4)29(42)38(26(23)39)25-15-14-21-22(25)8-7-9-24(21)32(5,33)34/h7-13,18,25H,6,14-17H2,1-5H3. The summed E-state index contributed by atoms with van der Waals surface area (Å²) >= 11 is 0. The van der Waals surface area contributed by atoms with Crippen molar-refractivity contribution in [1.82, 2.24) is 14.0 Å². The number of anilines is 1. The van der Waals surface area contributed by atoms with Crippen molar-refractivity contribution in [2.24, 2.45) is 0 Å². The fourth-order valence-electron chi connectivity index (χ4n) is 5.75. The smallest absolute Gasteiger partial charge is 0.418 e. The molecule has 0 spiro atoms. The number of alkyl halides is 2. The van der Waals surface area contributed by atoms with E-state index in [1.807, 2.05) is 0 Å². The number of ether oxygens (including phenoxy) is 2. The minimum atomic E-state index is -3.12. The van der Waals surface area contributed by atoms with Gasteiger partial charge >= 0.3 is 23.8 Å². The number of halogens is 2. The maximum atomic E-state index is 14.4. The van der Waals surface area contributed by atoms with E-state index in [4.69, 9.17) is 9.47 Å². The molecule has 5 rings (SSSR count). The summed E-state index contributed by atoms with van der Waals surface area (Å²) in [6.07, 6.45) is 0.767. The van der Waals surface area contributed by atoms with Crippen molar-refractivity contribution < 1.29 is 32.6 Å². The van der Waals surface area contributed by atoms with E-state index >= 15 is 0 Å². The van der Waals surface area contributed by atoms with Crippen LogP contribution in [-0.2, 0) is 21.8 Å². The van der Waals surface area contributed by atoms with E-state index in [1.54, 1.807) is 45.9 Å². The minimum absolute atomic E-state index is 0.0164. The summed E-state index contributed by atoms with van der Waals surface area (Å²) in [7, 11) is 0.